The van der Waals surface area contributed by atoms with Crippen LogP contribution in [0.2, 0.25) is 0 Å². The predicted octanol–water partition coefficient (Wildman–Crippen LogP) is 2.14. The molecule has 3 N–H and O–H groups in total. The SMILES string of the molecule is CCNC(=O)N(CCCN(C)C)C(=O)[C@@H]1C[C@@H]2Cc3c(sc(N)c3C#N)C[C@H]2N(CC)C1. The third-order valence-corrected chi connectivity index (χ3v) is 7.81. The van der Waals surface area contributed by atoms with Crippen LogP contribution in [0.3, 0.4) is 0 Å². The molecule has 176 valence electrons. The van der Waals surface area contributed by atoms with E-state index in [-0.39, 0.29) is 23.8 Å². The highest BCUT2D eigenvalue weighted by molar-refractivity contribution is 7.16. The summed E-state index contributed by atoms with van der Waals surface area (Å²) in [6, 6.07) is 2.33. The van der Waals surface area contributed by atoms with Crippen LogP contribution in [0.1, 0.15) is 42.7 Å². The van der Waals surface area contributed by atoms with Crippen molar-refractivity contribution < 1.29 is 9.59 Å². The van der Waals surface area contributed by atoms with Gasteiger partial charge in [-0.3, -0.25) is 14.6 Å². The van der Waals surface area contributed by atoms with Crippen LogP contribution in [0.15, 0.2) is 0 Å². The van der Waals surface area contributed by atoms with Gasteiger partial charge in [0.05, 0.1) is 11.5 Å². The van der Waals surface area contributed by atoms with Gasteiger partial charge in [0.15, 0.2) is 0 Å². The largest absolute Gasteiger partial charge is 0.389 e. The zero-order valence-electron chi connectivity index (χ0n) is 19.7. The van der Waals surface area contributed by atoms with E-state index in [1.807, 2.05) is 21.0 Å². The lowest BCUT2D eigenvalue weighted by molar-refractivity contribution is -0.136. The number of rotatable bonds is 7. The molecule has 0 radical (unpaired) electrons. The van der Waals surface area contributed by atoms with Crippen molar-refractivity contribution in [3.05, 3.63) is 16.0 Å². The van der Waals surface area contributed by atoms with E-state index in [4.69, 9.17) is 5.73 Å². The molecule has 2 heterocycles. The first-order chi connectivity index (χ1) is 15.3. The summed E-state index contributed by atoms with van der Waals surface area (Å²) in [6.07, 6.45) is 3.14. The molecule has 0 unspecified atom stereocenters. The van der Waals surface area contributed by atoms with Gasteiger partial charge in [-0.25, -0.2) is 4.79 Å². The standard InChI is InChI=1S/C23H36N6O2S/c1-5-26-23(31)29(9-7-8-27(3)4)22(30)16-10-15-11-17-18(13-24)21(25)32-20(17)12-19(15)28(6-2)14-16/h15-16,19H,5-12,14,25H2,1-4H3,(H,26,31)/t15-,16-,19-/m1/s1. The van der Waals surface area contributed by atoms with Crippen LogP contribution >= 0.6 is 11.3 Å². The zero-order valence-corrected chi connectivity index (χ0v) is 20.5. The van der Waals surface area contributed by atoms with E-state index in [1.54, 1.807) is 0 Å². The summed E-state index contributed by atoms with van der Waals surface area (Å²) in [5.74, 6) is -0.0203. The predicted molar refractivity (Wildman–Crippen MR) is 127 cm³/mol. The van der Waals surface area contributed by atoms with Gasteiger partial charge in [0.25, 0.3) is 0 Å². The van der Waals surface area contributed by atoms with Crippen LogP contribution in [-0.2, 0) is 17.6 Å². The molecular formula is C23H36N6O2S. The summed E-state index contributed by atoms with van der Waals surface area (Å²) in [5.41, 5.74) is 7.80. The molecule has 0 saturated carbocycles. The van der Waals surface area contributed by atoms with Crippen molar-refractivity contribution in [1.29, 1.82) is 5.26 Å². The minimum atomic E-state index is -0.301. The Morgan fingerprint density at radius 1 is 1.28 bits per heavy atom. The monoisotopic (exact) mass is 460 g/mol. The second-order valence-corrected chi connectivity index (χ2v) is 10.2. The molecule has 1 aliphatic carbocycles. The molecule has 1 aliphatic heterocycles. The Morgan fingerprint density at radius 3 is 2.66 bits per heavy atom. The number of hydrogen-bond acceptors (Lipinski definition) is 7. The van der Waals surface area contributed by atoms with Crippen LogP contribution in [0.25, 0.3) is 0 Å². The Hall–Kier alpha value is -2.15. The molecule has 0 bridgehead atoms. The van der Waals surface area contributed by atoms with E-state index >= 15 is 0 Å². The maximum atomic E-state index is 13.6. The number of urea groups is 1. The van der Waals surface area contributed by atoms with Gasteiger partial charge in [-0.15, -0.1) is 11.3 Å². The number of nitrogens with one attached hydrogen (secondary N) is 1. The summed E-state index contributed by atoms with van der Waals surface area (Å²) in [7, 11) is 3.98. The number of fused-ring (bicyclic) bond motifs is 2. The highest BCUT2D eigenvalue weighted by Gasteiger charge is 2.43. The Morgan fingerprint density at radius 2 is 2.03 bits per heavy atom. The molecule has 1 aromatic rings. The average Bonchev–Trinajstić information content (AvgIpc) is 3.07. The fourth-order valence-electron chi connectivity index (χ4n) is 5.18. The van der Waals surface area contributed by atoms with Crippen LogP contribution in [0.4, 0.5) is 9.80 Å². The minimum absolute atomic E-state index is 0.0808. The number of anilines is 1. The molecule has 2 aliphatic rings. The zero-order chi connectivity index (χ0) is 23.4. The average molecular weight is 461 g/mol. The topological polar surface area (TPSA) is 106 Å². The Kier molecular flexibility index (Phi) is 8.15. The number of nitrogens with two attached hydrogens (primary N) is 1. The fourth-order valence-corrected chi connectivity index (χ4v) is 6.28. The van der Waals surface area contributed by atoms with E-state index < -0.39 is 0 Å². The lowest BCUT2D eigenvalue weighted by Crippen LogP contribution is -2.56. The Bertz CT molecular complexity index is 877. The number of piperidine rings is 1. The number of likely N-dealkylation sites (tertiary alicyclic amines) is 1. The first-order valence-corrected chi connectivity index (χ1v) is 12.4. The van der Waals surface area contributed by atoms with E-state index in [9.17, 15) is 14.9 Å². The molecule has 1 saturated heterocycles. The van der Waals surface area contributed by atoms with Crippen molar-refractivity contribution in [1.82, 2.24) is 20.0 Å². The number of nitrogens with zero attached hydrogens (tertiary/aromatic N) is 4. The van der Waals surface area contributed by atoms with Crippen molar-refractivity contribution in [3.63, 3.8) is 0 Å². The second kappa shape index (κ2) is 10.6. The van der Waals surface area contributed by atoms with Crippen molar-refractivity contribution in [2.24, 2.45) is 11.8 Å². The number of hydrogen-bond donors (Lipinski definition) is 2. The highest BCUT2D eigenvalue weighted by atomic mass is 32.1. The van der Waals surface area contributed by atoms with Gasteiger partial charge in [0.2, 0.25) is 5.91 Å². The molecule has 3 amide bonds. The lowest BCUT2D eigenvalue weighted by Gasteiger charge is -2.46. The minimum Gasteiger partial charge on any atom is -0.389 e. The summed E-state index contributed by atoms with van der Waals surface area (Å²) in [4.78, 5) is 33.3. The van der Waals surface area contributed by atoms with Gasteiger partial charge in [-0.2, -0.15) is 5.26 Å². The molecule has 9 heteroatoms. The molecule has 32 heavy (non-hydrogen) atoms. The number of nitriles is 1. The molecule has 0 spiro atoms. The van der Waals surface area contributed by atoms with Crippen LogP contribution < -0.4 is 11.1 Å². The normalized spacial score (nSPS) is 22.7. The van der Waals surface area contributed by atoms with E-state index in [1.165, 1.54) is 21.1 Å². The molecular weight excluding hydrogens is 424 g/mol. The summed E-state index contributed by atoms with van der Waals surface area (Å²) < 4.78 is 0. The van der Waals surface area contributed by atoms with Gasteiger partial charge in [-0.1, -0.05) is 6.92 Å². The van der Waals surface area contributed by atoms with Crippen LogP contribution in [0.5, 0.6) is 0 Å². The van der Waals surface area contributed by atoms with Gasteiger partial charge in [-0.05, 0) is 71.3 Å². The third-order valence-electron chi connectivity index (χ3n) is 6.73. The van der Waals surface area contributed by atoms with Gasteiger partial charge in [0, 0.05) is 30.6 Å². The number of carbonyl (C=O) groups excluding carboxylic acids is 2. The maximum Gasteiger partial charge on any atom is 0.324 e. The third kappa shape index (κ3) is 5.08. The molecule has 1 aromatic heterocycles. The van der Waals surface area contributed by atoms with E-state index in [0.29, 0.717) is 36.2 Å². The molecule has 8 nitrogen and oxygen atoms in total. The lowest BCUT2D eigenvalue weighted by atomic mass is 9.73. The Balaban J connectivity index is 1.79. The number of amides is 3. The van der Waals surface area contributed by atoms with Crippen molar-refractivity contribution in [3.8, 4) is 6.07 Å². The van der Waals surface area contributed by atoms with Crippen molar-refractivity contribution >= 4 is 28.3 Å². The van der Waals surface area contributed by atoms with Gasteiger partial charge < -0.3 is 16.0 Å². The van der Waals surface area contributed by atoms with Crippen molar-refractivity contribution in [2.75, 3.05) is 52.6 Å². The quantitative estimate of drug-likeness (QED) is 0.646. The van der Waals surface area contributed by atoms with Crippen molar-refractivity contribution in [2.45, 2.75) is 45.6 Å². The number of carbonyl (C=O) groups is 2. The first-order valence-electron chi connectivity index (χ1n) is 11.6. The smallest absolute Gasteiger partial charge is 0.324 e. The van der Waals surface area contributed by atoms with Gasteiger partial charge in [0.1, 0.15) is 11.1 Å². The number of thiophene rings is 1. The molecule has 3 rings (SSSR count). The number of nitrogen functional groups attached to an aromatic ring is 1. The van der Waals surface area contributed by atoms with Crippen LogP contribution in [-0.4, -0.2) is 79.5 Å². The fraction of sp³-hybridized carbons (Fsp3) is 0.696. The first kappa shape index (κ1) is 24.5. The van der Waals surface area contributed by atoms with Crippen LogP contribution in [0, 0.1) is 23.2 Å². The molecule has 0 aromatic carbocycles. The number of likely N-dealkylation sites (N-methyl/N-ethyl adjacent to an activating group) is 1. The summed E-state index contributed by atoms with van der Waals surface area (Å²) in [6.45, 7) is 7.24. The Labute approximate surface area is 195 Å². The summed E-state index contributed by atoms with van der Waals surface area (Å²) in [5, 5.41) is 13.0. The number of imide groups is 1. The van der Waals surface area contributed by atoms with E-state index in [2.05, 4.69) is 28.1 Å². The second-order valence-electron chi connectivity index (χ2n) is 9.09. The summed E-state index contributed by atoms with van der Waals surface area (Å²) >= 11 is 1.54. The molecule has 1 fully saturated rings. The maximum absolute atomic E-state index is 13.6. The highest BCUT2D eigenvalue weighted by Crippen LogP contribution is 2.43. The van der Waals surface area contributed by atoms with Gasteiger partial charge >= 0.3 is 6.03 Å². The van der Waals surface area contributed by atoms with E-state index in [0.717, 1.165) is 44.3 Å². The molecule has 3 atom stereocenters.